The van der Waals surface area contributed by atoms with Gasteiger partial charge in [0.05, 0.1) is 6.61 Å². The van der Waals surface area contributed by atoms with Gasteiger partial charge in [0.1, 0.15) is 6.61 Å². The fourth-order valence-electron chi connectivity index (χ4n) is 1.45. The van der Waals surface area contributed by atoms with Crippen LogP contribution in [0.15, 0.2) is 18.2 Å². The molecule has 0 amide bonds. The molecule has 1 aliphatic heterocycles. The summed E-state index contributed by atoms with van der Waals surface area (Å²) in [6.07, 6.45) is 0. The molecule has 1 aromatic carbocycles. The summed E-state index contributed by atoms with van der Waals surface area (Å²) >= 11 is 0. The van der Waals surface area contributed by atoms with E-state index in [0.717, 1.165) is 11.1 Å². The Balaban J connectivity index is 2.53. The molecule has 2 nitrogen and oxygen atoms in total. The first-order chi connectivity index (χ1) is 5.77. The summed E-state index contributed by atoms with van der Waals surface area (Å²) in [5.41, 5.74) is 3.02. The van der Waals surface area contributed by atoms with Crippen molar-refractivity contribution in [3.63, 3.8) is 0 Å². The second-order valence-corrected chi connectivity index (χ2v) is 3.08. The molecule has 0 radical (unpaired) electrons. The first-order valence-electron chi connectivity index (χ1n) is 3.98. The van der Waals surface area contributed by atoms with E-state index in [1.165, 1.54) is 5.56 Å². The van der Waals surface area contributed by atoms with Crippen molar-refractivity contribution in [2.75, 3.05) is 6.61 Å². The lowest BCUT2D eigenvalue weighted by atomic mass is 10.0. The van der Waals surface area contributed by atoms with Crippen LogP contribution >= 0.6 is 0 Å². The number of hydrogen-bond donors (Lipinski definition) is 0. The fraction of sp³-hybridized carbons (Fsp3) is 0.300. The second kappa shape index (κ2) is 2.72. The number of rotatable bonds is 0. The van der Waals surface area contributed by atoms with Crippen molar-refractivity contribution >= 4 is 5.78 Å². The van der Waals surface area contributed by atoms with Crippen molar-refractivity contribution in [3.8, 4) is 0 Å². The summed E-state index contributed by atoms with van der Waals surface area (Å²) in [6, 6.07) is 5.85. The van der Waals surface area contributed by atoms with E-state index in [4.69, 9.17) is 4.74 Å². The van der Waals surface area contributed by atoms with Gasteiger partial charge < -0.3 is 4.74 Å². The summed E-state index contributed by atoms with van der Waals surface area (Å²) in [5, 5.41) is 0. The van der Waals surface area contributed by atoms with Crippen LogP contribution in [0.25, 0.3) is 0 Å². The van der Waals surface area contributed by atoms with Crippen LogP contribution in [0.1, 0.15) is 21.5 Å². The lowest BCUT2D eigenvalue weighted by molar-refractivity contribution is 0.0665. The van der Waals surface area contributed by atoms with E-state index >= 15 is 0 Å². The Morgan fingerprint density at radius 3 is 3.00 bits per heavy atom. The van der Waals surface area contributed by atoms with Crippen molar-refractivity contribution < 1.29 is 9.53 Å². The number of hydrogen-bond acceptors (Lipinski definition) is 2. The molecule has 0 saturated carbocycles. The summed E-state index contributed by atoms with van der Waals surface area (Å²) in [5.74, 6) is 0.0938. The van der Waals surface area contributed by atoms with Crippen LogP contribution in [0, 0.1) is 6.92 Å². The molecular formula is C10H10O2. The smallest absolute Gasteiger partial charge is 0.188 e. The zero-order valence-electron chi connectivity index (χ0n) is 6.96. The van der Waals surface area contributed by atoms with Crippen LogP contribution in [0.5, 0.6) is 0 Å². The predicted octanol–water partition coefficient (Wildman–Crippen LogP) is 1.71. The van der Waals surface area contributed by atoms with Gasteiger partial charge in [0.25, 0.3) is 0 Å². The highest BCUT2D eigenvalue weighted by atomic mass is 16.5. The monoisotopic (exact) mass is 162 g/mol. The molecule has 62 valence electrons. The third-order valence-corrected chi connectivity index (χ3v) is 2.05. The normalized spacial score (nSPS) is 15.9. The number of carbonyl (C=O) groups excluding carboxylic acids is 1. The number of aryl methyl sites for hydroxylation is 1. The fourth-order valence-corrected chi connectivity index (χ4v) is 1.45. The van der Waals surface area contributed by atoms with Gasteiger partial charge in [-0.1, -0.05) is 23.8 Å². The maximum Gasteiger partial charge on any atom is 0.188 e. The van der Waals surface area contributed by atoms with E-state index in [9.17, 15) is 4.79 Å². The quantitative estimate of drug-likeness (QED) is 0.580. The average molecular weight is 162 g/mol. The van der Waals surface area contributed by atoms with E-state index in [2.05, 4.69) is 0 Å². The van der Waals surface area contributed by atoms with Crippen LogP contribution < -0.4 is 0 Å². The van der Waals surface area contributed by atoms with E-state index < -0.39 is 0 Å². The number of benzene rings is 1. The first-order valence-corrected chi connectivity index (χ1v) is 3.98. The van der Waals surface area contributed by atoms with Gasteiger partial charge in [0.2, 0.25) is 0 Å². The summed E-state index contributed by atoms with van der Waals surface area (Å²) < 4.78 is 5.11. The molecule has 0 saturated heterocycles. The minimum absolute atomic E-state index is 0.0938. The molecule has 0 N–H and O–H groups in total. The van der Waals surface area contributed by atoms with Crippen molar-refractivity contribution in [1.29, 1.82) is 0 Å². The number of Topliss-reactive ketones (excluding diaryl/α,β-unsaturated/α-hetero) is 1. The molecule has 0 bridgehead atoms. The zero-order chi connectivity index (χ0) is 8.55. The van der Waals surface area contributed by atoms with E-state index in [-0.39, 0.29) is 12.4 Å². The molecule has 0 atom stereocenters. The van der Waals surface area contributed by atoms with Gasteiger partial charge in [-0.05, 0) is 12.5 Å². The van der Waals surface area contributed by atoms with Crippen LogP contribution in [0.4, 0.5) is 0 Å². The van der Waals surface area contributed by atoms with Crippen LogP contribution in [-0.4, -0.2) is 12.4 Å². The molecule has 2 rings (SSSR count). The Morgan fingerprint density at radius 1 is 1.33 bits per heavy atom. The molecule has 0 fully saturated rings. The number of ether oxygens (including phenoxy) is 1. The predicted molar refractivity (Wildman–Crippen MR) is 45.2 cm³/mol. The first kappa shape index (κ1) is 7.50. The number of carbonyl (C=O) groups is 1. The van der Waals surface area contributed by atoms with E-state index in [0.29, 0.717) is 6.61 Å². The molecule has 0 aromatic heterocycles. The highest BCUT2D eigenvalue weighted by Crippen LogP contribution is 2.17. The lowest BCUT2D eigenvalue weighted by Gasteiger charge is -2.15. The Bertz CT molecular complexity index is 329. The second-order valence-electron chi connectivity index (χ2n) is 3.08. The highest BCUT2D eigenvalue weighted by Gasteiger charge is 2.16. The van der Waals surface area contributed by atoms with Crippen LogP contribution in [0.2, 0.25) is 0 Å². The molecule has 12 heavy (non-hydrogen) atoms. The molecule has 1 aromatic rings. The Hall–Kier alpha value is -1.15. The number of fused-ring (bicyclic) bond motifs is 1. The molecular weight excluding hydrogens is 152 g/mol. The average Bonchev–Trinajstić information content (AvgIpc) is 2.04. The van der Waals surface area contributed by atoms with Crippen molar-refractivity contribution in [3.05, 3.63) is 34.9 Å². The summed E-state index contributed by atoms with van der Waals surface area (Å²) in [4.78, 5) is 11.3. The standard InChI is InChI=1S/C10H10O2/c1-7-2-3-9-8(4-7)5-12-6-10(9)11/h2-4H,5-6H2,1H3. The highest BCUT2D eigenvalue weighted by molar-refractivity contribution is 5.99. The van der Waals surface area contributed by atoms with Gasteiger partial charge in [-0.3, -0.25) is 4.79 Å². The van der Waals surface area contributed by atoms with Crippen LogP contribution in [-0.2, 0) is 11.3 Å². The Labute approximate surface area is 71.2 Å². The summed E-state index contributed by atoms with van der Waals surface area (Å²) in [7, 11) is 0. The molecule has 0 spiro atoms. The van der Waals surface area contributed by atoms with Crippen molar-refractivity contribution in [2.24, 2.45) is 0 Å². The van der Waals surface area contributed by atoms with Gasteiger partial charge in [-0.15, -0.1) is 0 Å². The van der Waals surface area contributed by atoms with Crippen molar-refractivity contribution in [1.82, 2.24) is 0 Å². The van der Waals surface area contributed by atoms with Gasteiger partial charge in [-0.25, -0.2) is 0 Å². The Morgan fingerprint density at radius 2 is 2.17 bits per heavy atom. The Kier molecular flexibility index (Phi) is 1.70. The van der Waals surface area contributed by atoms with E-state index in [1.54, 1.807) is 0 Å². The minimum atomic E-state index is 0.0938. The minimum Gasteiger partial charge on any atom is -0.369 e. The van der Waals surface area contributed by atoms with Crippen LogP contribution in [0.3, 0.4) is 0 Å². The molecule has 2 heteroatoms. The molecule has 0 unspecified atom stereocenters. The lowest BCUT2D eigenvalue weighted by Crippen LogP contribution is -2.17. The largest absolute Gasteiger partial charge is 0.369 e. The van der Waals surface area contributed by atoms with Crippen molar-refractivity contribution in [2.45, 2.75) is 13.5 Å². The third-order valence-electron chi connectivity index (χ3n) is 2.05. The topological polar surface area (TPSA) is 26.3 Å². The number of ketones is 1. The molecule has 0 aliphatic carbocycles. The maximum absolute atomic E-state index is 11.3. The van der Waals surface area contributed by atoms with Gasteiger partial charge in [0.15, 0.2) is 5.78 Å². The van der Waals surface area contributed by atoms with E-state index in [1.807, 2.05) is 25.1 Å². The third kappa shape index (κ3) is 1.14. The van der Waals surface area contributed by atoms with Gasteiger partial charge in [-0.2, -0.15) is 0 Å². The summed E-state index contributed by atoms with van der Waals surface area (Å²) in [6.45, 7) is 2.82. The van der Waals surface area contributed by atoms with Gasteiger partial charge >= 0.3 is 0 Å². The SMILES string of the molecule is Cc1ccc2c(c1)COCC2=O. The maximum atomic E-state index is 11.3. The molecule has 1 heterocycles. The molecule has 1 aliphatic rings. The van der Waals surface area contributed by atoms with Gasteiger partial charge in [0, 0.05) is 5.56 Å². The zero-order valence-corrected chi connectivity index (χ0v) is 6.96.